The van der Waals surface area contributed by atoms with Crippen molar-refractivity contribution in [3.05, 3.63) is 48.3 Å². The fourth-order valence-corrected chi connectivity index (χ4v) is 1.65. The monoisotopic (exact) mass is 263 g/mol. The zero-order valence-electron chi connectivity index (χ0n) is 9.61. The highest BCUT2D eigenvalue weighted by Crippen LogP contribution is 2.34. The van der Waals surface area contributed by atoms with Crippen molar-refractivity contribution in [2.75, 3.05) is 0 Å². The van der Waals surface area contributed by atoms with Gasteiger partial charge in [-0.1, -0.05) is 24.1 Å². The Labute approximate surface area is 107 Å². The Morgan fingerprint density at radius 3 is 2.53 bits per heavy atom. The quantitative estimate of drug-likeness (QED) is 0.772. The number of hydrogen-bond acceptors (Lipinski definition) is 2. The molecule has 96 valence electrons. The van der Waals surface area contributed by atoms with Gasteiger partial charge in [0.05, 0.1) is 5.56 Å². The Hall–Kier alpha value is -2.48. The number of rotatable bonds is 2. The van der Waals surface area contributed by atoms with E-state index in [1.807, 2.05) is 0 Å². The Kier molecular flexibility index (Phi) is 3.43. The van der Waals surface area contributed by atoms with Crippen LogP contribution in [-0.2, 0) is 0 Å². The normalized spacial score (nSPS) is 10.8. The number of halogens is 3. The van der Waals surface area contributed by atoms with Gasteiger partial charge in [0.25, 0.3) is 0 Å². The number of benzene rings is 1. The van der Waals surface area contributed by atoms with Gasteiger partial charge in [0.1, 0.15) is 5.75 Å². The number of pyridine rings is 1. The van der Waals surface area contributed by atoms with Gasteiger partial charge in [0.2, 0.25) is 0 Å². The number of terminal acetylenes is 1. The van der Waals surface area contributed by atoms with E-state index in [4.69, 9.17) is 6.42 Å². The molecule has 2 aromatic rings. The van der Waals surface area contributed by atoms with Crippen LogP contribution in [0.5, 0.6) is 5.75 Å². The first-order valence-electron chi connectivity index (χ1n) is 5.27. The average Bonchev–Trinajstić information content (AvgIpc) is 2.37. The van der Waals surface area contributed by atoms with Crippen molar-refractivity contribution in [3.63, 3.8) is 0 Å². The second-order valence-corrected chi connectivity index (χ2v) is 3.61. The van der Waals surface area contributed by atoms with Crippen molar-refractivity contribution >= 4 is 0 Å². The molecule has 0 aliphatic rings. The zero-order valence-corrected chi connectivity index (χ0v) is 9.61. The van der Waals surface area contributed by atoms with Crippen LogP contribution in [0.2, 0.25) is 0 Å². The largest absolute Gasteiger partial charge is 0.573 e. The van der Waals surface area contributed by atoms with Gasteiger partial charge in [0, 0.05) is 23.5 Å². The summed E-state index contributed by atoms with van der Waals surface area (Å²) in [6.07, 6.45) is 3.44. The molecule has 5 heteroatoms. The Morgan fingerprint density at radius 2 is 1.84 bits per heavy atom. The average molecular weight is 263 g/mol. The van der Waals surface area contributed by atoms with Crippen LogP contribution in [0.25, 0.3) is 11.1 Å². The van der Waals surface area contributed by atoms with Gasteiger partial charge in [-0.25, -0.2) is 0 Å². The van der Waals surface area contributed by atoms with Crippen LogP contribution in [0.1, 0.15) is 5.56 Å². The van der Waals surface area contributed by atoms with E-state index in [1.165, 1.54) is 30.6 Å². The molecule has 0 saturated heterocycles. The number of aromatic nitrogens is 1. The number of hydrogen-bond donors (Lipinski definition) is 0. The van der Waals surface area contributed by atoms with Gasteiger partial charge >= 0.3 is 6.36 Å². The van der Waals surface area contributed by atoms with Gasteiger partial charge in [-0.3, -0.25) is 4.98 Å². The van der Waals surface area contributed by atoms with E-state index >= 15 is 0 Å². The van der Waals surface area contributed by atoms with Gasteiger partial charge in [-0.15, -0.1) is 19.6 Å². The summed E-state index contributed by atoms with van der Waals surface area (Å²) in [5, 5.41) is 0. The number of alkyl halides is 3. The molecule has 0 bridgehead atoms. The van der Waals surface area contributed by atoms with Gasteiger partial charge < -0.3 is 4.74 Å². The highest BCUT2D eigenvalue weighted by atomic mass is 19.4. The summed E-state index contributed by atoms with van der Waals surface area (Å²) in [4.78, 5) is 3.84. The molecule has 19 heavy (non-hydrogen) atoms. The molecule has 0 spiro atoms. The van der Waals surface area contributed by atoms with Crippen molar-refractivity contribution in [2.24, 2.45) is 0 Å². The second kappa shape index (κ2) is 5.02. The fraction of sp³-hybridized carbons (Fsp3) is 0.0714. The molecule has 0 aliphatic carbocycles. The molecule has 0 saturated carbocycles. The Balaban J connectivity index is 2.54. The maximum atomic E-state index is 12.3. The van der Waals surface area contributed by atoms with Crippen LogP contribution < -0.4 is 4.74 Å². The predicted octanol–water partition coefficient (Wildman–Crippen LogP) is 3.63. The topological polar surface area (TPSA) is 22.1 Å². The van der Waals surface area contributed by atoms with Crippen molar-refractivity contribution < 1.29 is 17.9 Å². The standard InChI is InChI=1S/C14H8F3NO/c1-2-10-9-18-8-7-11(10)12-5-3-4-6-13(12)19-14(15,16)17/h1,3-9H. The third kappa shape index (κ3) is 3.05. The number of nitrogens with zero attached hydrogens (tertiary/aromatic N) is 1. The third-order valence-corrected chi connectivity index (χ3v) is 2.38. The summed E-state index contributed by atoms with van der Waals surface area (Å²) in [7, 11) is 0. The van der Waals surface area contributed by atoms with Crippen LogP contribution in [0.4, 0.5) is 13.2 Å². The SMILES string of the molecule is C#Cc1cnccc1-c1ccccc1OC(F)(F)F. The molecule has 1 aromatic heterocycles. The molecule has 0 atom stereocenters. The number of ether oxygens (including phenoxy) is 1. The summed E-state index contributed by atoms with van der Waals surface area (Å²) < 4.78 is 41.0. The zero-order chi connectivity index (χ0) is 13.9. The highest BCUT2D eigenvalue weighted by Gasteiger charge is 2.32. The minimum atomic E-state index is -4.75. The molecule has 0 aliphatic heterocycles. The van der Waals surface area contributed by atoms with E-state index < -0.39 is 6.36 Å². The van der Waals surface area contributed by atoms with Crippen LogP contribution in [0, 0.1) is 12.3 Å². The summed E-state index contributed by atoms with van der Waals surface area (Å²) in [6, 6.07) is 7.37. The van der Waals surface area contributed by atoms with Crippen molar-refractivity contribution in [1.82, 2.24) is 4.98 Å². The lowest BCUT2D eigenvalue weighted by atomic mass is 10.0. The second-order valence-electron chi connectivity index (χ2n) is 3.61. The van der Waals surface area contributed by atoms with Crippen molar-refractivity contribution in [1.29, 1.82) is 0 Å². The molecule has 2 nitrogen and oxygen atoms in total. The molecule has 0 N–H and O–H groups in total. The molecule has 0 amide bonds. The van der Waals surface area contributed by atoms with Gasteiger partial charge in [-0.05, 0) is 12.1 Å². The summed E-state index contributed by atoms with van der Waals surface area (Å²) >= 11 is 0. The van der Waals surface area contributed by atoms with E-state index in [9.17, 15) is 13.2 Å². The Bertz CT molecular complexity index is 629. The minimum Gasteiger partial charge on any atom is -0.405 e. The predicted molar refractivity (Wildman–Crippen MR) is 64.3 cm³/mol. The molecule has 0 unspecified atom stereocenters. The maximum absolute atomic E-state index is 12.3. The first-order chi connectivity index (χ1) is 9.01. The van der Waals surface area contributed by atoms with Crippen LogP contribution in [-0.4, -0.2) is 11.3 Å². The number of para-hydroxylation sites is 1. The van der Waals surface area contributed by atoms with E-state index in [2.05, 4.69) is 15.6 Å². The lowest BCUT2D eigenvalue weighted by molar-refractivity contribution is -0.274. The summed E-state index contributed by atoms with van der Waals surface area (Å²) in [6.45, 7) is 0. The molecule has 1 heterocycles. The third-order valence-electron chi connectivity index (χ3n) is 2.38. The molecule has 1 aromatic carbocycles. The van der Waals surface area contributed by atoms with E-state index in [1.54, 1.807) is 12.1 Å². The van der Waals surface area contributed by atoms with Gasteiger partial charge in [0.15, 0.2) is 0 Å². The molecule has 2 rings (SSSR count). The van der Waals surface area contributed by atoms with E-state index in [0.29, 0.717) is 11.1 Å². The van der Waals surface area contributed by atoms with Crippen LogP contribution in [0.15, 0.2) is 42.7 Å². The highest BCUT2D eigenvalue weighted by molar-refractivity contribution is 5.75. The summed E-state index contributed by atoms with van der Waals surface area (Å²) in [5.41, 5.74) is 1.15. The minimum absolute atomic E-state index is 0.273. The first-order valence-corrected chi connectivity index (χ1v) is 5.27. The molecule has 0 fully saturated rings. The van der Waals surface area contributed by atoms with Crippen molar-refractivity contribution in [2.45, 2.75) is 6.36 Å². The molecular formula is C14H8F3NO. The lowest BCUT2D eigenvalue weighted by Gasteiger charge is -2.13. The summed E-state index contributed by atoms with van der Waals surface area (Å²) in [5.74, 6) is 2.09. The van der Waals surface area contributed by atoms with E-state index in [-0.39, 0.29) is 11.3 Å². The lowest BCUT2D eigenvalue weighted by Crippen LogP contribution is -2.17. The van der Waals surface area contributed by atoms with E-state index in [0.717, 1.165) is 0 Å². The molecule has 0 radical (unpaired) electrons. The van der Waals surface area contributed by atoms with Crippen LogP contribution in [0.3, 0.4) is 0 Å². The fourth-order valence-electron chi connectivity index (χ4n) is 1.65. The Morgan fingerprint density at radius 1 is 1.11 bits per heavy atom. The van der Waals surface area contributed by atoms with Gasteiger partial charge in [-0.2, -0.15) is 0 Å². The smallest absolute Gasteiger partial charge is 0.405 e. The van der Waals surface area contributed by atoms with Crippen molar-refractivity contribution in [3.8, 4) is 29.2 Å². The maximum Gasteiger partial charge on any atom is 0.573 e. The molecular weight excluding hydrogens is 255 g/mol. The van der Waals surface area contributed by atoms with Crippen LogP contribution >= 0.6 is 0 Å². The first kappa shape index (κ1) is 13.0.